The Kier molecular flexibility index (Phi) is 3.14. The van der Waals surface area contributed by atoms with E-state index in [1.807, 2.05) is 25.1 Å². The van der Waals surface area contributed by atoms with E-state index in [0.29, 0.717) is 6.61 Å². The standard InChI is InChI=1S/C12H13NOS/c1-9-11(8-14-2)15-12(13-9)10-6-4-3-5-7-10/h3-7H,8H2,1-2H3. The number of aromatic nitrogens is 1. The Balaban J connectivity index is 2.34. The molecular weight excluding hydrogens is 206 g/mol. The highest BCUT2D eigenvalue weighted by atomic mass is 32.1. The summed E-state index contributed by atoms with van der Waals surface area (Å²) in [5.41, 5.74) is 2.24. The maximum absolute atomic E-state index is 5.13. The van der Waals surface area contributed by atoms with Crippen LogP contribution in [0.3, 0.4) is 0 Å². The summed E-state index contributed by atoms with van der Waals surface area (Å²) in [5, 5.41) is 1.07. The minimum atomic E-state index is 0.649. The monoisotopic (exact) mass is 219 g/mol. The van der Waals surface area contributed by atoms with Gasteiger partial charge in [-0.25, -0.2) is 4.98 Å². The van der Waals surface area contributed by atoms with Gasteiger partial charge in [-0.3, -0.25) is 0 Å². The zero-order valence-electron chi connectivity index (χ0n) is 8.86. The first-order valence-electron chi connectivity index (χ1n) is 4.82. The van der Waals surface area contributed by atoms with Crippen LogP contribution in [-0.4, -0.2) is 12.1 Å². The Morgan fingerprint density at radius 1 is 1.27 bits per heavy atom. The van der Waals surface area contributed by atoms with Gasteiger partial charge in [0, 0.05) is 12.7 Å². The molecule has 0 fully saturated rings. The molecule has 0 spiro atoms. The van der Waals surface area contributed by atoms with Crippen LogP contribution < -0.4 is 0 Å². The summed E-state index contributed by atoms with van der Waals surface area (Å²) < 4.78 is 5.13. The predicted octanol–water partition coefficient (Wildman–Crippen LogP) is 3.26. The molecule has 1 aromatic heterocycles. The Bertz CT molecular complexity index is 436. The second-order valence-electron chi connectivity index (χ2n) is 3.33. The fraction of sp³-hybridized carbons (Fsp3) is 0.250. The van der Waals surface area contributed by atoms with E-state index in [4.69, 9.17) is 4.74 Å². The van der Waals surface area contributed by atoms with Crippen LogP contribution in [0.4, 0.5) is 0 Å². The number of benzene rings is 1. The van der Waals surface area contributed by atoms with Crippen molar-refractivity contribution in [3.63, 3.8) is 0 Å². The summed E-state index contributed by atoms with van der Waals surface area (Å²) in [6.07, 6.45) is 0. The van der Waals surface area contributed by atoms with E-state index in [1.54, 1.807) is 18.4 Å². The van der Waals surface area contributed by atoms with Gasteiger partial charge in [0.2, 0.25) is 0 Å². The van der Waals surface area contributed by atoms with Gasteiger partial charge in [0.15, 0.2) is 0 Å². The van der Waals surface area contributed by atoms with E-state index in [0.717, 1.165) is 10.7 Å². The molecule has 0 saturated heterocycles. The molecule has 0 bridgehead atoms. The molecule has 2 aromatic rings. The Hall–Kier alpha value is -1.19. The molecule has 0 amide bonds. The van der Waals surface area contributed by atoms with Crippen molar-refractivity contribution in [1.29, 1.82) is 0 Å². The predicted molar refractivity (Wildman–Crippen MR) is 63.0 cm³/mol. The molecule has 0 saturated carbocycles. The summed E-state index contributed by atoms with van der Waals surface area (Å²) in [7, 11) is 1.71. The first-order chi connectivity index (χ1) is 7.31. The number of ether oxygens (including phenoxy) is 1. The Labute approximate surface area is 93.6 Å². The lowest BCUT2D eigenvalue weighted by molar-refractivity contribution is 0.187. The van der Waals surface area contributed by atoms with Crippen molar-refractivity contribution < 1.29 is 4.74 Å². The molecule has 15 heavy (non-hydrogen) atoms. The van der Waals surface area contributed by atoms with Crippen molar-refractivity contribution in [3.8, 4) is 10.6 Å². The van der Waals surface area contributed by atoms with Gasteiger partial charge in [-0.2, -0.15) is 0 Å². The van der Waals surface area contributed by atoms with Crippen LogP contribution in [0.15, 0.2) is 30.3 Å². The van der Waals surface area contributed by atoms with Crippen LogP contribution in [0.5, 0.6) is 0 Å². The average Bonchev–Trinajstić information content (AvgIpc) is 2.63. The average molecular weight is 219 g/mol. The van der Waals surface area contributed by atoms with Crippen molar-refractivity contribution in [2.45, 2.75) is 13.5 Å². The molecule has 3 heteroatoms. The second kappa shape index (κ2) is 4.55. The summed E-state index contributed by atoms with van der Waals surface area (Å²) >= 11 is 1.70. The third-order valence-corrected chi connectivity index (χ3v) is 3.37. The maximum Gasteiger partial charge on any atom is 0.123 e. The second-order valence-corrected chi connectivity index (χ2v) is 4.41. The number of methoxy groups -OCH3 is 1. The molecule has 1 aromatic carbocycles. The summed E-state index contributed by atoms with van der Waals surface area (Å²) in [6, 6.07) is 10.2. The minimum Gasteiger partial charge on any atom is -0.379 e. The van der Waals surface area contributed by atoms with E-state index < -0.39 is 0 Å². The van der Waals surface area contributed by atoms with Crippen molar-refractivity contribution in [3.05, 3.63) is 40.9 Å². The molecule has 78 valence electrons. The quantitative estimate of drug-likeness (QED) is 0.790. The van der Waals surface area contributed by atoms with Crippen molar-refractivity contribution >= 4 is 11.3 Å². The summed E-state index contributed by atoms with van der Waals surface area (Å²) in [6.45, 7) is 2.67. The number of hydrogen-bond acceptors (Lipinski definition) is 3. The molecule has 0 unspecified atom stereocenters. The molecule has 0 N–H and O–H groups in total. The number of thiazole rings is 1. The SMILES string of the molecule is COCc1sc(-c2ccccc2)nc1C. The molecule has 0 radical (unpaired) electrons. The third-order valence-electron chi connectivity index (χ3n) is 2.19. The van der Waals surface area contributed by atoms with Gasteiger partial charge in [-0.15, -0.1) is 11.3 Å². The summed E-state index contributed by atoms with van der Waals surface area (Å²) in [4.78, 5) is 5.74. The van der Waals surface area contributed by atoms with Gasteiger partial charge >= 0.3 is 0 Å². The van der Waals surface area contributed by atoms with Crippen LogP contribution in [-0.2, 0) is 11.3 Å². The van der Waals surface area contributed by atoms with Gasteiger partial charge in [0.1, 0.15) is 5.01 Å². The fourth-order valence-electron chi connectivity index (χ4n) is 1.40. The number of aryl methyl sites for hydroxylation is 1. The smallest absolute Gasteiger partial charge is 0.123 e. The normalized spacial score (nSPS) is 10.5. The number of nitrogens with zero attached hydrogens (tertiary/aromatic N) is 1. The molecule has 2 nitrogen and oxygen atoms in total. The lowest BCUT2D eigenvalue weighted by atomic mass is 10.2. The van der Waals surface area contributed by atoms with E-state index in [-0.39, 0.29) is 0 Å². The van der Waals surface area contributed by atoms with Crippen LogP contribution in [0.25, 0.3) is 10.6 Å². The molecule has 2 rings (SSSR count). The highest BCUT2D eigenvalue weighted by Gasteiger charge is 2.08. The van der Waals surface area contributed by atoms with Gasteiger partial charge in [0.25, 0.3) is 0 Å². The molecule has 0 aliphatic heterocycles. The molecule has 0 aliphatic carbocycles. The first-order valence-corrected chi connectivity index (χ1v) is 5.63. The van der Waals surface area contributed by atoms with Crippen LogP contribution >= 0.6 is 11.3 Å². The highest BCUT2D eigenvalue weighted by molar-refractivity contribution is 7.15. The number of rotatable bonds is 3. The number of hydrogen-bond donors (Lipinski definition) is 0. The van der Waals surface area contributed by atoms with Crippen molar-refractivity contribution in [2.75, 3.05) is 7.11 Å². The Morgan fingerprint density at radius 2 is 2.00 bits per heavy atom. The zero-order chi connectivity index (χ0) is 10.7. The molecular formula is C12H13NOS. The van der Waals surface area contributed by atoms with Gasteiger partial charge in [0.05, 0.1) is 17.2 Å². The van der Waals surface area contributed by atoms with Crippen molar-refractivity contribution in [2.24, 2.45) is 0 Å². The molecule has 0 atom stereocenters. The lowest BCUT2D eigenvalue weighted by Gasteiger charge is -1.93. The minimum absolute atomic E-state index is 0.649. The first kappa shape index (κ1) is 10.3. The molecule has 1 heterocycles. The third kappa shape index (κ3) is 2.25. The topological polar surface area (TPSA) is 22.1 Å². The van der Waals surface area contributed by atoms with Crippen LogP contribution in [0, 0.1) is 6.92 Å². The van der Waals surface area contributed by atoms with Crippen LogP contribution in [0.1, 0.15) is 10.6 Å². The van der Waals surface area contributed by atoms with Gasteiger partial charge in [-0.1, -0.05) is 30.3 Å². The van der Waals surface area contributed by atoms with E-state index >= 15 is 0 Å². The molecule has 0 aliphatic rings. The summed E-state index contributed by atoms with van der Waals surface area (Å²) in [5.74, 6) is 0. The van der Waals surface area contributed by atoms with E-state index in [9.17, 15) is 0 Å². The Morgan fingerprint density at radius 3 is 2.67 bits per heavy atom. The highest BCUT2D eigenvalue weighted by Crippen LogP contribution is 2.27. The fourth-order valence-corrected chi connectivity index (χ4v) is 2.44. The van der Waals surface area contributed by atoms with Crippen molar-refractivity contribution in [1.82, 2.24) is 4.98 Å². The van der Waals surface area contributed by atoms with Gasteiger partial charge in [-0.05, 0) is 6.92 Å². The maximum atomic E-state index is 5.13. The van der Waals surface area contributed by atoms with E-state index in [1.165, 1.54) is 10.4 Å². The lowest BCUT2D eigenvalue weighted by Crippen LogP contribution is -1.85. The zero-order valence-corrected chi connectivity index (χ0v) is 9.67. The largest absolute Gasteiger partial charge is 0.379 e. The van der Waals surface area contributed by atoms with E-state index in [2.05, 4.69) is 17.1 Å². The van der Waals surface area contributed by atoms with Crippen LogP contribution in [0.2, 0.25) is 0 Å². The van der Waals surface area contributed by atoms with Gasteiger partial charge < -0.3 is 4.74 Å².